The van der Waals surface area contributed by atoms with Gasteiger partial charge in [-0.15, -0.1) is 0 Å². The van der Waals surface area contributed by atoms with Crippen molar-refractivity contribution in [3.63, 3.8) is 0 Å². The van der Waals surface area contributed by atoms with E-state index in [1.807, 2.05) is 31.2 Å². The molecular formula is C46H31N3O2. The number of furan rings is 2. The fourth-order valence-corrected chi connectivity index (χ4v) is 6.81. The van der Waals surface area contributed by atoms with E-state index in [0.717, 1.165) is 94.6 Å². The number of rotatable bonds is 7. The van der Waals surface area contributed by atoms with Gasteiger partial charge in [0.05, 0.1) is 11.4 Å². The second-order valence-corrected chi connectivity index (χ2v) is 12.4. The molecule has 5 aromatic carbocycles. The van der Waals surface area contributed by atoms with Crippen LogP contribution in [0.2, 0.25) is 0 Å². The van der Waals surface area contributed by atoms with Crippen LogP contribution < -0.4 is 0 Å². The van der Waals surface area contributed by atoms with Gasteiger partial charge < -0.3 is 8.83 Å². The van der Waals surface area contributed by atoms with Gasteiger partial charge in [-0.05, 0) is 113 Å². The minimum Gasteiger partial charge on any atom is -0.454 e. The van der Waals surface area contributed by atoms with Crippen LogP contribution in [0, 0.1) is 0 Å². The molecule has 0 radical (unpaired) electrons. The highest BCUT2D eigenvalue weighted by Gasteiger charge is 2.14. The van der Waals surface area contributed by atoms with E-state index in [0.29, 0.717) is 5.76 Å². The summed E-state index contributed by atoms with van der Waals surface area (Å²) in [5, 5.41) is 1.98. The summed E-state index contributed by atoms with van der Waals surface area (Å²) in [5.74, 6) is 0.672. The van der Waals surface area contributed by atoms with Crippen molar-refractivity contribution >= 4 is 51.0 Å². The van der Waals surface area contributed by atoms with Gasteiger partial charge >= 0.3 is 0 Å². The SMILES string of the molecule is C=Cc1oc2ccc(-c3cccc(-c4cccc(-c5cccc(-c6cccc(-c7ccc8oc9cccnc9c8c7)c6)c5)n4)c3)cc2c1N=CC. The highest BCUT2D eigenvalue weighted by molar-refractivity contribution is 6.04. The van der Waals surface area contributed by atoms with E-state index >= 15 is 0 Å². The molecule has 4 aromatic heterocycles. The molecular weight excluding hydrogens is 627 g/mol. The van der Waals surface area contributed by atoms with Gasteiger partial charge in [0, 0.05) is 34.3 Å². The summed E-state index contributed by atoms with van der Waals surface area (Å²) in [5.41, 5.74) is 14.7. The Kier molecular flexibility index (Phi) is 7.44. The molecule has 51 heavy (non-hydrogen) atoms. The topological polar surface area (TPSA) is 64.4 Å². The monoisotopic (exact) mass is 657 g/mol. The maximum Gasteiger partial charge on any atom is 0.153 e. The third kappa shape index (κ3) is 5.51. The van der Waals surface area contributed by atoms with Crippen LogP contribution in [0.15, 0.2) is 166 Å². The molecule has 0 saturated carbocycles. The lowest BCUT2D eigenvalue weighted by Crippen LogP contribution is -1.89. The molecule has 9 rings (SSSR count). The minimum atomic E-state index is 0.672. The number of pyridine rings is 2. The van der Waals surface area contributed by atoms with E-state index in [4.69, 9.17) is 13.8 Å². The van der Waals surface area contributed by atoms with Gasteiger partial charge in [-0.3, -0.25) is 9.98 Å². The van der Waals surface area contributed by atoms with Crippen molar-refractivity contribution < 1.29 is 8.83 Å². The molecule has 5 nitrogen and oxygen atoms in total. The molecule has 0 saturated heterocycles. The fraction of sp³-hybridized carbons (Fsp3) is 0.0217. The van der Waals surface area contributed by atoms with Gasteiger partial charge in [-0.2, -0.15) is 0 Å². The molecule has 0 N–H and O–H groups in total. The molecule has 242 valence electrons. The van der Waals surface area contributed by atoms with E-state index in [9.17, 15) is 0 Å². The molecule has 0 fully saturated rings. The Morgan fingerprint density at radius 1 is 0.529 bits per heavy atom. The lowest BCUT2D eigenvalue weighted by atomic mass is 9.96. The molecule has 5 heteroatoms. The van der Waals surface area contributed by atoms with E-state index in [2.05, 4.69) is 132 Å². The molecule has 0 aliphatic heterocycles. The van der Waals surface area contributed by atoms with Crippen LogP contribution in [-0.4, -0.2) is 16.2 Å². The van der Waals surface area contributed by atoms with E-state index < -0.39 is 0 Å². The van der Waals surface area contributed by atoms with Crippen molar-refractivity contribution in [1.82, 2.24) is 9.97 Å². The predicted octanol–water partition coefficient (Wildman–Crippen LogP) is 12.8. The van der Waals surface area contributed by atoms with Crippen LogP contribution >= 0.6 is 0 Å². The van der Waals surface area contributed by atoms with Gasteiger partial charge in [0.2, 0.25) is 0 Å². The number of fused-ring (bicyclic) bond motifs is 4. The van der Waals surface area contributed by atoms with Crippen LogP contribution in [0.5, 0.6) is 0 Å². The first-order valence-electron chi connectivity index (χ1n) is 16.9. The maximum atomic E-state index is 6.01. The Morgan fingerprint density at radius 3 is 1.67 bits per heavy atom. The Labute approximate surface area is 294 Å². The highest BCUT2D eigenvalue weighted by Crippen LogP contribution is 2.38. The second kappa shape index (κ2) is 12.6. The van der Waals surface area contributed by atoms with Gasteiger partial charge in [-0.1, -0.05) is 79.4 Å². The van der Waals surface area contributed by atoms with E-state index in [1.54, 1.807) is 18.5 Å². The summed E-state index contributed by atoms with van der Waals surface area (Å²) in [6.45, 7) is 5.79. The first-order chi connectivity index (χ1) is 25.1. The first-order valence-corrected chi connectivity index (χ1v) is 16.9. The van der Waals surface area contributed by atoms with Crippen molar-refractivity contribution in [3.8, 4) is 55.9 Å². The average Bonchev–Trinajstić information content (AvgIpc) is 3.75. The van der Waals surface area contributed by atoms with E-state index in [1.165, 1.54) is 0 Å². The summed E-state index contributed by atoms with van der Waals surface area (Å²) in [7, 11) is 0. The van der Waals surface area contributed by atoms with Gasteiger partial charge in [-0.25, -0.2) is 4.98 Å². The van der Waals surface area contributed by atoms with Crippen LogP contribution in [0.4, 0.5) is 5.69 Å². The molecule has 9 aromatic rings. The minimum absolute atomic E-state index is 0.672. The number of benzene rings is 5. The Morgan fingerprint density at radius 2 is 1.06 bits per heavy atom. The number of aromatic nitrogens is 2. The fourth-order valence-electron chi connectivity index (χ4n) is 6.81. The average molecular weight is 658 g/mol. The van der Waals surface area contributed by atoms with Crippen LogP contribution in [0.1, 0.15) is 12.7 Å². The van der Waals surface area contributed by atoms with Crippen LogP contribution in [0.25, 0.3) is 95.0 Å². The van der Waals surface area contributed by atoms with Crippen LogP contribution in [-0.2, 0) is 0 Å². The van der Waals surface area contributed by atoms with E-state index in [-0.39, 0.29) is 0 Å². The Bertz CT molecular complexity index is 2800. The van der Waals surface area contributed by atoms with Crippen molar-refractivity contribution in [3.05, 3.63) is 158 Å². The predicted molar refractivity (Wildman–Crippen MR) is 210 cm³/mol. The van der Waals surface area contributed by atoms with Crippen LogP contribution in [0.3, 0.4) is 0 Å². The third-order valence-electron chi connectivity index (χ3n) is 9.29. The Hall–Kier alpha value is -6.85. The molecule has 4 heterocycles. The van der Waals surface area contributed by atoms with Gasteiger partial charge in [0.15, 0.2) is 11.3 Å². The zero-order valence-corrected chi connectivity index (χ0v) is 27.9. The zero-order chi connectivity index (χ0) is 34.3. The standard InChI is InChI=1S/C46H31N3O2/c1-3-41-45(47-4-2)37-27-34(19-21-42(37)50-41)32-13-7-15-36(26-32)40-17-8-16-39(49-40)35-14-6-12-31(25-35)29-10-5-11-30(24-29)33-20-22-43-38(28-33)46-44(51-43)18-9-23-48-46/h3-28H,1H2,2H3. The molecule has 0 atom stereocenters. The third-order valence-corrected chi connectivity index (χ3v) is 9.29. The smallest absolute Gasteiger partial charge is 0.153 e. The molecule has 0 aliphatic rings. The number of hydrogen-bond donors (Lipinski definition) is 0. The lowest BCUT2D eigenvalue weighted by molar-refractivity contribution is 0.605. The molecule has 0 bridgehead atoms. The lowest BCUT2D eigenvalue weighted by Gasteiger charge is -2.10. The summed E-state index contributed by atoms with van der Waals surface area (Å²) in [6, 6.07) is 48.3. The summed E-state index contributed by atoms with van der Waals surface area (Å²) in [4.78, 5) is 14.3. The normalized spacial score (nSPS) is 11.6. The summed E-state index contributed by atoms with van der Waals surface area (Å²) in [6.07, 6.45) is 5.29. The highest BCUT2D eigenvalue weighted by atomic mass is 16.3. The molecule has 0 spiro atoms. The number of hydrogen-bond acceptors (Lipinski definition) is 5. The zero-order valence-electron chi connectivity index (χ0n) is 27.9. The Balaban J connectivity index is 1.03. The van der Waals surface area contributed by atoms with Crippen molar-refractivity contribution in [2.24, 2.45) is 4.99 Å². The van der Waals surface area contributed by atoms with Gasteiger partial charge in [0.25, 0.3) is 0 Å². The summed E-state index contributed by atoms with van der Waals surface area (Å²) < 4.78 is 12.0. The largest absolute Gasteiger partial charge is 0.454 e. The quantitative estimate of drug-likeness (QED) is 0.160. The number of aliphatic imine (C=N–C) groups is 1. The van der Waals surface area contributed by atoms with Gasteiger partial charge in [0.1, 0.15) is 22.4 Å². The van der Waals surface area contributed by atoms with Crippen molar-refractivity contribution in [1.29, 1.82) is 0 Å². The second-order valence-electron chi connectivity index (χ2n) is 12.4. The van der Waals surface area contributed by atoms with Crippen molar-refractivity contribution in [2.75, 3.05) is 0 Å². The summed E-state index contributed by atoms with van der Waals surface area (Å²) >= 11 is 0. The van der Waals surface area contributed by atoms with Crippen molar-refractivity contribution in [2.45, 2.75) is 6.92 Å². The molecule has 0 aliphatic carbocycles. The molecule has 0 unspecified atom stereocenters. The first kappa shape index (κ1) is 30.2. The maximum absolute atomic E-state index is 6.01. The molecule has 0 amide bonds. The number of nitrogens with zero attached hydrogens (tertiary/aromatic N) is 3.